The molecule has 0 aliphatic carbocycles. The monoisotopic (exact) mass is 350 g/mol. The highest BCUT2D eigenvalue weighted by Gasteiger charge is 2.40. The standard InChI is InChI=1S/C16H38O2SSi2/c1-9-13-15(20(5,6)17-11-3)19-16(14-10-2)21(7,8)18-12-4/h15-16H,9-14H2,1-8H3. The van der Waals surface area contributed by atoms with Crippen molar-refractivity contribution in [2.45, 2.75) is 89.3 Å². The maximum absolute atomic E-state index is 6.19. The summed E-state index contributed by atoms with van der Waals surface area (Å²) in [6.07, 6.45) is 5.05. The highest BCUT2D eigenvalue weighted by Crippen LogP contribution is 2.37. The van der Waals surface area contributed by atoms with E-state index in [0.29, 0.717) is 9.75 Å². The summed E-state index contributed by atoms with van der Waals surface area (Å²) < 4.78 is 12.4. The van der Waals surface area contributed by atoms with Crippen LogP contribution in [0.3, 0.4) is 0 Å². The van der Waals surface area contributed by atoms with E-state index in [0.717, 1.165) is 13.2 Å². The molecular weight excluding hydrogens is 312 g/mol. The van der Waals surface area contributed by atoms with Gasteiger partial charge in [-0.05, 0) is 52.9 Å². The van der Waals surface area contributed by atoms with Crippen LogP contribution in [0, 0.1) is 0 Å². The Morgan fingerprint density at radius 1 is 0.714 bits per heavy atom. The summed E-state index contributed by atoms with van der Waals surface area (Å²) in [6.45, 7) is 20.1. The summed E-state index contributed by atoms with van der Waals surface area (Å²) in [7, 11) is -3.24. The van der Waals surface area contributed by atoms with Crippen LogP contribution in [0.2, 0.25) is 26.2 Å². The van der Waals surface area contributed by atoms with E-state index in [4.69, 9.17) is 8.85 Å². The Kier molecular flexibility index (Phi) is 10.8. The lowest BCUT2D eigenvalue weighted by Gasteiger charge is -2.38. The molecule has 0 N–H and O–H groups in total. The molecule has 0 saturated carbocycles. The predicted octanol–water partition coefficient (Wildman–Crippen LogP) is 5.62. The largest absolute Gasteiger partial charge is 0.417 e. The Morgan fingerprint density at radius 2 is 1.05 bits per heavy atom. The lowest BCUT2D eigenvalue weighted by Crippen LogP contribution is -2.49. The van der Waals surface area contributed by atoms with Crippen molar-refractivity contribution in [3.8, 4) is 0 Å². The zero-order valence-corrected chi connectivity index (χ0v) is 18.4. The quantitative estimate of drug-likeness (QED) is 0.426. The van der Waals surface area contributed by atoms with Crippen molar-refractivity contribution in [1.29, 1.82) is 0 Å². The minimum absolute atomic E-state index is 0.686. The van der Waals surface area contributed by atoms with Crippen molar-refractivity contribution in [2.24, 2.45) is 0 Å². The third-order valence-electron chi connectivity index (χ3n) is 4.01. The summed E-state index contributed by atoms with van der Waals surface area (Å²) in [5.41, 5.74) is 0. The summed E-state index contributed by atoms with van der Waals surface area (Å²) >= 11 is 2.21. The maximum Gasteiger partial charge on any atom is 0.199 e. The molecule has 0 heterocycles. The second-order valence-electron chi connectivity index (χ2n) is 6.76. The van der Waals surface area contributed by atoms with Crippen LogP contribution in [0.1, 0.15) is 53.4 Å². The van der Waals surface area contributed by atoms with E-state index >= 15 is 0 Å². The van der Waals surface area contributed by atoms with Crippen LogP contribution >= 0.6 is 11.8 Å². The van der Waals surface area contributed by atoms with Crippen LogP contribution in [-0.2, 0) is 8.85 Å². The second-order valence-corrected chi connectivity index (χ2v) is 17.4. The molecule has 0 rings (SSSR count). The molecule has 0 fully saturated rings. The lowest BCUT2D eigenvalue weighted by atomic mass is 10.4. The minimum atomic E-state index is -1.62. The molecule has 5 heteroatoms. The molecule has 21 heavy (non-hydrogen) atoms. The van der Waals surface area contributed by atoms with Crippen LogP contribution < -0.4 is 0 Å². The average molecular weight is 351 g/mol. The van der Waals surface area contributed by atoms with Crippen LogP contribution in [0.25, 0.3) is 0 Å². The van der Waals surface area contributed by atoms with Gasteiger partial charge in [-0.2, -0.15) is 11.8 Å². The third kappa shape index (κ3) is 7.68. The van der Waals surface area contributed by atoms with Crippen molar-refractivity contribution in [2.75, 3.05) is 13.2 Å². The molecule has 0 saturated heterocycles. The van der Waals surface area contributed by atoms with Gasteiger partial charge in [0.15, 0.2) is 16.6 Å². The molecule has 2 unspecified atom stereocenters. The fourth-order valence-corrected chi connectivity index (χ4v) is 12.2. The number of rotatable bonds is 12. The second kappa shape index (κ2) is 10.5. The summed E-state index contributed by atoms with van der Waals surface area (Å²) in [4.78, 5) is 1.37. The molecule has 0 aromatic rings. The smallest absolute Gasteiger partial charge is 0.199 e. The topological polar surface area (TPSA) is 18.5 Å². The van der Waals surface area contributed by atoms with Crippen molar-refractivity contribution >= 4 is 28.4 Å². The Labute approximate surface area is 140 Å². The molecule has 2 atom stereocenters. The zero-order chi connectivity index (χ0) is 16.5. The molecule has 2 nitrogen and oxygen atoms in total. The molecule has 0 amide bonds. The van der Waals surface area contributed by atoms with Crippen molar-refractivity contribution in [3.63, 3.8) is 0 Å². The van der Waals surface area contributed by atoms with E-state index in [1.807, 2.05) is 0 Å². The molecule has 0 aromatic carbocycles. The first-order valence-corrected chi connectivity index (χ1v) is 15.6. The van der Waals surface area contributed by atoms with Crippen LogP contribution in [0.5, 0.6) is 0 Å². The number of hydrogen-bond acceptors (Lipinski definition) is 3. The van der Waals surface area contributed by atoms with Gasteiger partial charge < -0.3 is 8.85 Å². The third-order valence-corrected chi connectivity index (χ3v) is 15.1. The van der Waals surface area contributed by atoms with Crippen molar-refractivity contribution < 1.29 is 8.85 Å². The van der Waals surface area contributed by atoms with E-state index in [1.165, 1.54) is 25.7 Å². The highest BCUT2D eigenvalue weighted by atomic mass is 32.2. The van der Waals surface area contributed by atoms with Crippen LogP contribution in [-0.4, -0.2) is 39.6 Å². The molecule has 0 aliphatic rings. The van der Waals surface area contributed by atoms with Gasteiger partial charge in [0.1, 0.15) is 0 Å². The SMILES string of the molecule is CCCC(SC(CCC)[Si](C)(C)OCC)[Si](C)(C)OCC. The van der Waals surface area contributed by atoms with Gasteiger partial charge >= 0.3 is 0 Å². The molecule has 0 bridgehead atoms. The van der Waals surface area contributed by atoms with Gasteiger partial charge in [-0.3, -0.25) is 0 Å². The molecule has 0 aliphatic heterocycles. The van der Waals surface area contributed by atoms with Gasteiger partial charge in [0.05, 0.1) is 0 Å². The van der Waals surface area contributed by atoms with Gasteiger partial charge in [0.2, 0.25) is 0 Å². The van der Waals surface area contributed by atoms with Gasteiger partial charge in [-0.15, -0.1) is 0 Å². The van der Waals surface area contributed by atoms with E-state index in [1.54, 1.807) is 0 Å². The van der Waals surface area contributed by atoms with Crippen LogP contribution in [0.15, 0.2) is 0 Å². The van der Waals surface area contributed by atoms with Gasteiger partial charge in [-0.25, -0.2) is 0 Å². The van der Waals surface area contributed by atoms with Gasteiger partial charge in [-0.1, -0.05) is 26.7 Å². The normalized spacial score (nSPS) is 16.0. The lowest BCUT2D eigenvalue weighted by molar-refractivity contribution is 0.324. The maximum atomic E-state index is 6.19. The number of thioether (sulfide) groups is 1. The minimum Gasteiger partial charge on any atom is -0.417 e. The fraction of sp³-hybridized carbons (Fsp3) is 1.00. The van der Waals surface area contributed by atoms with Crippen molar-refractivity contribution in [1.82, 2.24) is 0 Å². The van der Waals surface area contributed by atoms with Crippen molar-refractivity contribution in [3.05, 3.63) is 0 Å². The first-order valence-electron chi connectivity index (χ1n) is 8.68. The van der Waals surface area contributed by atoms with E-state index in [9.17, 15) is 0 Å². The fourth-order valence-electron chi connectivity index (χ4n) is 2.81. The van der Waals surface area contributed by atoms with E-state index < -0.39 is 16.6 Å². The summed E-state index contributed by atoms with van der Waals surface area (Å²) in [5.74, 6) is 0. The molecule has 128 valence electrons. The van der Waals surface area contributed by atoms with Gasteiger partial charge in [0.25, 0.3) is 0 Å². The van der Waals surface area contributed by atoms with E-state index in [2.05, 4.69) is 65.6 Å². The Hall–Kier alpha value is 0.704. The summed E-state index contributed by atoms with van der Waals surface area (Å²) in [6, 6.07) is 0. The zero-order valence-electron chi connectivity index (χ0n) is 15.6. The Balaban J connectivity index is 5.05. The highest BCUT2D eigenvalue weighted by molar-refractivity contribution is 8.03. The number of hydrogen-bond donors (Lipinski definition) is 0. The molecular formula is C16H38O2SSi2. The summed E-state index contributed by atoms with van der Waals surface area (Å²) in [5, 5.41) is 0. The Morgan fingerprint density at radius 3 is 1.29 bits per heavy atom. The first kappa shape index (κ1) is 21.7. The first-order chi connectivity index (χ1) is 9.75. The van der Waals surface area contributed by atoms with Crippen LogP contribution in [0.4, 0.5) is 0 Å². The Bertz CT molecular complexity index is 247. The van der Waals surface area contributed by atoms with Gasteiger partial charge in [0, 0.05) is 23.0 Å². The van der Waals surface area contributed by atoms with E-state index in [-0.39, 0.29) is 0 Å². The molecule has 0 spiro atoms. The average Bonchev–Trinajstić information content (AvgIpc) is 2.37. The predicted molar refractivity (Wildman–Crippen MR) is 103 cm³/mol. The molecule has 0 aromatic heterocycles. The molecule has 0 radical (unpaired) electrons.